The summed E-state index contributed by atoms with van der Waals surface area (Å²) in [5.41, 5.74) is 1.29. The molecule has 0 saturated heterocycles. The highest BCUT2D eigenvalue weighted by Gasteiger charge is 2.13. The van der Waals surface area contributed by atoms with Crippen LogP contribution in [0.5, 0.6) is 0 Å². The predicted octanol–water partition coefficient (Wildman–Crippen LogP) is 4.80. The van der Waals surface area contributed by atoms with Crippen molar-refractivity contribution in [3.05, 3.63) is 66.4 Å². The maximum atomic E-state index is 12.6. The third-order valence-corrected chi connectivity index (χ3v) is 3.97. The van der Waals surface area contributed by atoms with Gasteiger partial charge in [0.05, 0.1) is 11.2 Å². The Morgan fingerprint density at radius 3 is 2.57 bits per heavy atom. The Bertz CT molecular complexity index is 855. The standard InChI is InChI=1S/C17H12F2N2OS/c18-17(19)23-15-8-4-3-7-13(15)21-16(22)14-10-9-11-5-1-2-6-12(11)20-14/h1-10,17H,(H,21,22). The summed E-state index contributed by atoms with van der Waals surface area (Å²) in [5.74, 6) is -2.98. The number of carbonyl (C=O) groups excluding carboxylic acids is 1. The van der Waals surface area contributed by atoms with Gasteiger partial charge in [-0.05, 0) is 24.3 Å². The number of hydrogen-bond acceptors (Lipinski definition) is 3. The van der Waals surface area contributed by atoms with Crippen LogP contribution in [-0.4, -0.2) is 16.6 Å². The molecule has 116 valence electrons. The van der Waals surface area contributed by atoms with Crippen molar-refractivity contribution < 1.29 is 13.6 Å². The van der Waals surface area contributed by atoms with Crippen LogP contribution in [-0.2, 0) is 0 Å². The summed E-state index contributed by atoms with van der Waals surface area (Å²) in [4.78, 5) is 16.9. The van der Waals surface area contributed by atoms with Crippen LogP contribution in [0.15, 0.2) is 65.6 Å². The number of pyridine rings is 1. The molecule has 0 aliphatic rings. The van der Waals surface area contributed by atoms with E-state index < -0.39 is 11.7 Å². The average Bonchev–Trinajstić information content (AvgIpc) is 2.55. The minimum absolute atomic E-state index is 0.237. The molecule has 23 heavy (non-hydrogen) atoms. The molecule has 0 bridgehead atoms. The lowest BCUT2D eigenvalue weighted by molar-refractivity contribution is 0.102. The van der Waals surface area contributed by atoms with Gasteiger partial charge in [-0.25, -0.2) is 4.98 Å². The van der Waals surface area contributed by atoms with Gasteiger partial charge in [-0.3, -0.25) is 4.79 Å². The molecule has 3 aromatic rings. The summed E-state index contributed by atoms with van der Waals surface area (Å²) >= 11 is 0.396. The van der Waals surface area contributed by atoms with Crippen molar-refractivity contribution >= 4 is 34.3 Å². The maximum Gasteiger partial charge on any atom is 0.288 e. The van der Waals surface area contributed by atoms with Gasteiger partial charge in [-0.2, -0.15) is 8.78 Å². The number of carbonyl (C=O) groups is 1. The summed E-state index contributed by atoms with van der Waals surface area (Å²) in [6.07, 6.45) is 0. The number of para-hydroxylation sites is 2. The van der Waals surface area contributed by atoms with Crippen LogP contribution < -0.4 is 5.32 Å². The first kappa shape index (κ1) is 15.4. The Morgan fingerprint density at radius 1 is 1.00 bits per heavy atom. The summed E-state index contributed by atoms with van der Waals surface area (Å²) in [7, 11) is 0. The third-order valence-electron chi connectivity index (χ3n) is 3.18. The molecule has 1 amide bonds. The molecule has 1 heterocycles. The molecule has 0 saturated carbocycles. The lowest BCUT2D eigenvalue weighted by Gasteiger charge is -2.10. The van der Waals surface area contributed by atoms with E-state index in [0.717, 1.165) is 5.39 Å². The zero-order valence-corrected chi connectivity index (χ0v) is 12.7. The number of amides is 1. The molecule has 0 aliphatic carbocycles. The lowest BCUT2D eigenvalue weighted by Crippen LogP contribution is -2.14. The number of thioether (sulfide) groups is 1. The fraction of sp³-hybridized carbons (Fsp3) is 0.0588. The molecular formula is C17H12F2N2OS. The number of hydrogen-bond donors (Lipinski definition) is 1. The Kier molecular flexibility index (Phi) is 4.52. The molecule has 0 aliphatic heterocycles. The van der Waals surface area contributed by atoms with E-state index in [2.05, 4.69) is 10.3 Å². The number of rotatable bonds is 4. The van der Waals surface area contributed by atoms with Crippen molar-refractivity contribution in [3.63, 3.8) is 0 Å². The van der Waals surface area contributed by atoms with Gasteiger partial charge in [0, 0.05) is 10.3 Å². The van der Waals surface area contributed by atoms with Crippen molar-refractivity contribution in [3.8, 4) is 0 Å². The number of aromatic nitrogens is 1. The summed E-state index contributed by atoms with van der Waals surface area (Å²) in [5, 5.41) is 3.57. The zero-order chi connectivity index (χ0) is 16.2. The number of nitrogens with zero attached hydrogens (tertiary/aromatic N) is 1. The molecule has 3 rings (SSSR count). The Hall–Kier alpha value is -2.47. The Labute approximate surface area is 135 Å². The molecule has 0 fully saturated rings. The molecule has 0 radical (unpaired) electrons. The van der Waals surface area contributed by atoms with E-state index in [1.165, 1.54) is 0 Å². The minimum Gasteiger partial charge on any atom is -0.320 e. The van der Waals surface area contributed by atoms with Gasteiger partial charge < -0.3 is 5.32 Å². The number of anilines is 1. The number of fused-ring (bicyclic) bond motifs is 1. The van der Waals surface area contributed by atoms with Crippen LogP contribution in [0, 0.1) is 0 Å². The first-order chi connectivity index (χ1) is 11.1. The quantitative estimate of drug-likeness (QED) is 0.699. The molecule has 0 atom stereocenters. The second-order valence-electron chi connectivity index (χ2n) is 4.72. The fourth-order valence-electron chi connectivity index (χ4n) is 2.15. The topological polar surface area (TPSA) is 42.0 Å². The van der Waals surface area contributed by atoms with Crippen LogP contribution in [0.2, 0.25) is 0 Å². The zero-order valence-electron chi connectivity index (χ0n) is 11.9. The highest BCUT2D eigenvalue weighted by atomic mass is 32.2. The minimum atomic E-state index is -2.55. The maximum absolute atomic E-state index is 12.6. The van der Waals surface area contributed by atoms with Crippen molar-refractivity contribution in [1.29, 1.82) is 0 Å². The molecular weight excluding hydrogens is 318 g/mol. The molecule has 1 N–H and O–H groups in total. The lowest BCUT2D eigenvalue weighted by atomic mass is 10.2. The van der Waals surface area contributed by atoms with Gasteiger partial charge in [0.15, 0.2) is 0 Å². The number of halogens is 2. The molecule has 0 unspecified atom stereocenters. The number of alkyl halides is 2. The third kappa shape index (κ3) is 3.65. The summed E-state index contributed by atoms with van der Waals surface area (Å²) in [6, 6.07) is 17.3. The number of benzene rings is 2. The molecule has 1 aromatic heterocycles. The Balaban J connectivity index is 1.86. The van der Waals surface area contributed by atoms with Gasteiger partial charge in [0.2, 0.25) is 0 Å². The summed E-state index contributed by atoms with van der Waals surface area (Å²) in [6.45, 7) is 0. The van der Waals surface area contributed by atoms with E-state index in [9.17, 15) is 13.6 Å². The second-order valence-corrected chi connectivity index (χ2v) is 5.75. The Morgan fingerprint density at radius 2 is 1.74 bits per heavy atom. The normalized spacial score (nSPS) is 10.9. The summed E-state index contributed by atoms with van der Waals surface area (Å²) < 4.78 is 25.1. The van der Waals surface area contributed by atoms with Crippen molar-refractivity contribution in [2.24, 2.45) is 0 Å². The van der Waals surface area contributed by atoms with E-state index in [0.29, 0.717) is 27.9 Å². The second kappa shape index (κ2) is 6.75. The molecule has 0 spiro atoms. The average molecular weight is 330 g/mol. The van der Waals surface area contributed by atoms with E-state index in [1.807, 2.05) is 24.3 Å². The largest absolute Gasteiger partial charge is 0.320 e. The van der Waals surface area contributed by atoms with Crippen LogP contribution >= 0.6 is 11.8 Å². The highest BCUT2D eigenvalue weighted by Crippen LogP contribution is 2.31. The smallest absolute Gasteiger partial charge is 0.288 e. The van der Waals surface area contributed by atoms with Gasteiger partial charge in [0.25, 0.3) is 11.7 Å². The van der Waals surface area contributed by atoms with E-state index in [-0.39, 0.29) is 5.69 Å². The van der Waals surface area contributed by atoms with Crippen LogP contribution in [0.25, 0.3) is 10.9 Å². The highest BCUT2D eigenvalue weighted by molar-refractivity contribution is 7.99. The van der Waals surface area contributed by atoms with Crippen molar-refractivity contribution in [2.45, 2.75) is 10.7 Å². The molecule has 2 aromatic carbocycles. The first-order valence-corrected chi connectivity index (χ1v) is 7.72. The molecule has 3 nitrogen and oxygen atoms in total. The van der Waals surface area contributed by atoms with Crippen molar-refractivity contribution in [2.75, 3.05) is 5.32 Å². The monoisotopic (exact) mass is 330 g/mol. The van der Waals surface area contributed by atoms with E-state index in [4.69, 9.17) is 0 Å². The van der Waals surface area contributed by atoms with Crippen LogP contribution in [0.4, 0.5) is 14.5 Å². The van der Waals surface area contributed by atoms with Gasteiger partial charge in [-0.15, -0.1) is 0 Å². The van der Waals surface area contributed by atoms with Crippen molar-refractivity contribution in [1.82, 2.24) is 4.98 Å². The van der Waals surface area contributed by atoms with Crippen LogP contribution in [0.3, 0.4) is 0 Å². The fourth-order valence-corrected chi connectivity index (χ4v) is 2.74. The first-order valence-electron chi connectivity index (χ1n) is 6.84. The van der Waals surface area contributed by atoms with E-state index >= 15 is 0 Å². The van der Waals surface area contributed by atoms with Gasteiger partial charge in [-0.1, -0.05) is 48.2 Å². The SMILES string of the molecule is O=C(Nc1ccccc1SC(F)F)c1ccc2ccccc2n1. The molecule has 6 heteroatoms. The predicted molar refractivity (Wildman–Crippen MR) is 88.0 cm³/mol. The van der Waals surface area contributed by atoms with Crippen LogP contribution in [0.1, 0.15) is 10.5 Å². The van der Waals surface area contributed by atoms with Gasteiger partial charge >= 0.3 is 0 Å². The van der Waals surface area contributed by atoms with E-state index in [1.54, 1.807) is 36.4 Å². The number of nitrogens with one attached hydrogen (secondary N) is 1. The van der Waals surface area contributed by atoms with Gasteiger partial charge in [0.1, 0.15) is 5.69 Å².